The lowest BCUT2D eigenvalue weighted by molar-refractivity contribution is 0.642. The molecule has 1 aliphatic heterocycles. The Kier molecular flexibility index (Phi) is 3.53. The third kappa shape index (κ3) is 2.06. The molecule has 0 spiro atoms. The fourth-order valence-corrected chi connectivity index (χ4v) is 9.38. The van der Waals surface area contributed by atoms with Gasteiger partial charge in [0.25, 0.3) is 0 Å². The monoisotopic (exact) mass is 254 g/mol. The van der Waals surface area contributed by atoms with Crippen molar-refractivity contribution in [2.24, 2.45) is 0 Å². The van der Waals surface area contributed by atoms with Crippen molar-refractivity contribution in [1.82, 2.24) is 9.78 Å². The summed E-state index contributed by atoms with van der Waals surface area (Å²) in [5, 5.41) is 5.60. The maximum atomic E-state index is 4.44. The summed E-state index contributed by atoms with van der Waals surface area (Å²) in [6, 6.07) is 0. The molecule has 0 fully saturated rings. The van der Waals surface area contributed by atoms with Gasteiger partial charge in [0.05, 0.1) is 4.90 Å². The van der Waals surface area contributed by atoms with Gasteiger partial charge in [0.15, 0.2) is 0 Å². The summed E-state index contributed by atoms with van der Waals surface area (Å²) < 4.78 is 1.99. The second-order valence-corrected chi connectivity index (χ2v) is 9.49. The SMILES string of the molecule is CCn1cc2c(n1)SSSSS2. The molecular formula is C5H6N2S5. The zero-order valence-corrected chi connectivity index (χ0v) is 10.3. The van der Waals surface area contributed by atoms with Gasteiger partial charge in [-0.05, 0) is 58.0 Å². The van der Waals surface area contributed by atoms with Crippen LogP contribution in [0.5, 0.6) is 0 Å². The second-order valence-electron chi connectivity index (χ2n) is 2.02. The molecule has 0 unspecified atom stereocenters. The highest BCUT2D eigenvalue weighted by Gasteiger charge is 2.14. The van der Waals surface area contributed by atoms with Crippen molar-refractivity contribution >= 4 is 51.1 Å². The maximum Gasteiger partial charge on any atom is 0.144 e. The van der Waals surface area contributed by atoms with E-state index in [9.17, 15) is 0 Å². The van der Waals surface area contributed by atoms with Crippen molar-refractivity contribution in [1.29, 1.82) is 0 Å². The van der Waals surface area contributed by atoms with Crippen LogP contribution in [0.25, 0.3) is 0 Å². The number of nitrogens with zero attached hydrogens (tertiary/aromatic N) is 2. The van der Waals surface area contributed by atoms with Crippen molar-refractivity contribution < 1.29 is 0 Å². The Morgan fingerprint density at radius 1 is 1.33 bits per heavy atom. The van der Waals surface area contributed by atoms with E-state index in [1.807, 2.05) is 4.68 Å². The van der Waals surface area contributed by atoms with Gasteiger partial charge < -0.3 is 0 Å². The Labute approximate surface area is 90.0 Å². The van der Waals surface area contributed by atoms with Crippen LogP contribution in [-0.2, 0) is 6.54 Å². The molecule has 7 heteroatoms. The molecule has 0 radical (unpaired) electrons. The van der Waals surface area contributed by atoms with E-state index in [4.69, 9.17) is 0 Å². The first kappa shape index (κ1) is 9.51. The van der Waals surface area contributed by atoms with E-state index in [1.165, 1.54) is 4.90 Å². The van der Waals surface area contributed by atoms with E-state index in [1.54, 1.807) is 51.1 Å². The molecular weight excluding hydrogens is 248 g/mol. The van der Waals surface area contributed by atoms with E-state index in [-0.39, 0.29) is 0 Å². The van der Waals surface area contributed by atoms with E-state index < -0.39 is 0 Å². The quantitative estimate of drug-likeness (QED) is 0.701. The van der Waals surface area contributed by atoms with Crippen LogP contribution in [0.4, 0.5) is 0 Å². The molecule has 0 saturated heterocycles. The van der Waals surface area contributed by atoms with Crippen LogP contribution in [0, 0.1) is 0 Å². The zero-order valence-electron chi connectivity index (χ0n) is 6.22. The molecule has 0 atom stereocenters. The zero-order chi connectivity index (χ0) is 8.39. The first-order valence-electron chi connectivity index (χ1n) is 3.32. The topological polar surface area (TPSA) is 17.8 Å². The van der Waals surface area contributed by atoms with Gasteiger partial charge in [0, 0.05) is 12.7 Å². The Morgan fingerprint density at radius 3 is 3.00 bits per heavy atom. The molecule has 0 amide bonds. The summed E-state index contributed by atoms with van der Waals surface area (Å²) in [5.74, 6) is 0. The average molecular weight is 254 g/mol. The Morgan fingerprint density at radius 2 is 2.17 bits per heavy atom. The maximum absolute atomic E-state index is 4.44. The first-order valence-corrected chi connectivity index (χ1v) is 9.47. The van der Waals surface area contributed by atoms with Crippen LogP contribution in [0.1, 0.15) is 6.92 Å². The molecule has 0 bridgehead atoms. The highest BCUT2D eigenvalue weighted by atomic mass is 33.8. The van der Waals surface area contributed by atoms with E-state index in [2.05, 4.69) is 18.2 Å². The lowest BCUT2D eigenvalue weighted by Gasteiger charge is -1.92. The van der Waals surface area contributed by atoms with Gasteiger partial charge in [-0.2, -0.15) is 5.10 Å². The smallest absolute Gasteiger partial charge is 0.144 e. The molecule has 12 heavy (non-hydrogen) atoms. The summed E-state index contributed by atoms with van der Waals surface area (Å²) in [6.45, 7) is 3.06. The van der Waals surface area contributed by atoms with Gasteiger partial charge in [0.1, 0.15) is 5.03 Å². The molecule has 1 aromatic rings. The first-order chi connectivity index (χ1) is 5.90. The minimum absolute atomic E-state index is 0.955. The van der Waals surface area contributed by atoms with Gasteiger partial charge >= 0.3 is 0 Å². The van der Waals surface area contributed by atoms with Crippen molar-refractivity contribution in [2.75, 3.05) is 0 Å². The number of aryl methyl sites for hydroxylation is 1. The van der Waals surface area contributed by atoms with Crippen LogP contribution in [0.3, 0.4) is 0 Å². The summed E-state index contributed by atoms with van der Waals surface area (Å²) in [7, 11) is 8.94. The molecule has 1 aliphatic rings. The second kappa shape index (κ2) is 4.45. The number of aromatic nitrogens is 2. The summed E-state index contributed by atoms with van der Waals surface area (Å²) in [5.41, 5.74) is 0. The van der Waals surface area contributed by atoms with E-state index >= 15 is 0 Å². The molecule has 2 rings (SSSR count). The van der Waals surface area contributed by atoms with Gasteiger partial charge in [-0.15, -0.1) is 0 Å². The van der Waals surface area contributed by atoms with Crippen LogP contribution in [0.15, 0.2) is 16.1 Å². The van der Waals surface area contributed by atoms with Crippen molar-refractivity contribution in [3.8, 4) is 0 Å². The molecule has 0 N–H and O–H groups in total. The lowest BCUT2D eigenvalue weighted by atomic mass is 10.7. The van der Waals surface area contributed by atoms with E-state index in [0.29, 0.717) is 0 Å². The largest absolute Gasteiger partial charge is 0.271 e. The van der Waals surface area contributed by atoms with Crippen LogP contribution < -0.4 is 0 Å². The fraction of sp³-hybridized carbons (Fsp3) is 0.400. The van der Waals surface area contributed by atoms with Crippen LogP contribution in [-0.4, -0.2) is 9.78 Å². The van der Waals surface area contributed by atoms with E-state index in [0.717, 1.165) is 11.6 Å². The van der Waals surface area contributed by atoms with Crippen molar-refractivity contribution in [3.05, 3.63) is 6.20 Å². The normalized spacial score (nSPS) is 17.1. The molecule has 2 nitrogen and oxygen atoms in total. The van der Waals surface area contributed by atoms with Crippen molar-refractivity contribution in [2.45, 2.75) is 23.4 Å². The standard InChI is InChI=1S/C5H6N2S5/c1-2-7-3-4-5(6-7)9-11-12-10-8-4/h3H,2H2,1H3. The highest BCUT2D eigenvalue weighted by Crippen LogP contribution is 2.58. The highest BCUT2D eigenvalue weighted by molar-refractivity contribution is 9.36. The minimum Gasteiger partial charge on any atom is -0.271 e. The van der Waals surface area contributed by atoms with Crippen LogP contribution in [0.2, 0.25) is 0 Å². The summed E-state index contributed by atoms with van der Waals surface area (Å²) in [6.07, 6.45) is 2.12. The van der Waals surface area contributed by atoms with Gasteiger partial charge in [0.2, 0.25) is 0 Å². The van der Waals surface area contributed by atoms with Gasteiger partial charge in [-0.25, -0.2) is 0 Å². The van der Waals surface area contributed by atoms with Crippen molar-refractivity contribution in [3.63, 3.8) is 0 Å². The third-order valence-corrected chi connectivity index (χ3v) is 9.61. The summed E-state index contributed by atoms with van der Waals surface area (Å²) >= 11 is 0. The van der Waals surface area contributed by atoms with Gasteiger partial charge in [-0.3, -0.25) is 4.68 Å². The predicted molar refractivity (Wildman–Crippen MR) is 62.4 cm³/mol. The Bertz CT molecular complexity index is 249. The molecule has 0 aliphatic carbocycles. The average Bonchev–Trinajstić information content (AvgIpc) is 2.37. The molecule has 66 valence electrons. The fourth-order valence-electron chi connectivity index (χ4n) is 0.770. The molecule has 2 heterocycles. The minimum atomic E-state index is 0.955. The number of rotatable bonds is 1. The van der Waals surface area contributed by atoms with Gasteiger partial charge in [-0.1, -0.05) is 0 Å². The summed E-state index contributed by atoms with van der Waals surface area (Å²) in [4.78, 5) is 1.30. The Hall–Kier alpha value is 0.960. The molecule has 1 aromatic heterocycles. The Balaban J connectivity index is 2.26. The van der Waals surface area contributed by atoms with Crippen LogP contribution >= 0.6 is 51.1 Å². The number of hydrogen-bond acceptors (Lipinski definition) is 6. The molecule has 0 aromatic carbocycles. The molecule has 0 saturated carbocycles. The lowest BCUT2D eigenvalue weighted by Crippen LogP contribution is -1.92. The third-order valence-electron chi connectivity index (χ3n) is 1.31. The number of fused-ring (bicyclic) bond motifs is 1. The number of hydrogen-bond donors (Lipinski definition) is 0. The predicted octanol–water partition coefficient (Wildman–Crippen LogP) is 3.96.